The number of methoxy groups -OCH3 is 1. The van der Waals surface area contributed by atoms with Gasteiger partial charge in [-0.1, -0.05) is 46.4 Å². The number of hydrogen-bond acceptors (Lipinski definition) is 13. The largest absolute Gasteiger partial charge is 0.465 e. The third-order valence-corrected chi connectivity index (χ3v) is 11.3. The number of carbonyl (C=O) groups excluding carboxylic acids is 5. The maximum atomic E-state index is 13.5. The molecule has 5 rings (SSSR count). The number of sulfonamides is 1. The number of thioether (sulfide) groups is 1. The van der Waals surface area contributed by atoms with Crippen molar-refractivity contribution >= 4 is 125 Å². The number of thiazole rings is 1. The molecule has 0 atom stereocenters. The summed E-state index contributed by atoms with van der Waals surface area (Å²) in [5.74, 6) is -5.05. The molecule has 2 aliphatic heterocycles. The minimum Gasteiger partial charge on any atom is -0.465 e. The van der Waals surface area contributed by atoms with Gasteiger partial charge in [-0.25, -0.2) is 23.2 Å². The van der Waals surface area contributed by atoms with Crippen molar-refractivity contribution in [1.29, 1.82) is 0 Å². The minimum atomic E-state index is -4.86. The predicted octanol–water partition coefficient (Wildman–Crippen LogP) is 5.22. The van der Waals surface area contributed by atoms with Gasteiger partial charge in [-0.2, -0.15) is 9.41 Å². The van der Waals surface area contributed by atoms with Gasteiger partial charge < -0.3 is 4.74 Å². The highest BCUT2D eigenvalue weighted by molar-refractivity contribution is 8.19. The molecule has 1 aromatic heterocycles. The fourth-order valence-corrected chi connectivity index (χ4v) is 7.81. The molecule has 0 fully saturated rings. The molecular formula is C25H13Cl4N5O8S3. The second kappa shape index (κ2) is 12.4. The van der Waals surface area contributed by atoms with Crippen LogP contribution in [0.3, 0.4) is 0 Å². The van der Waals surface area contributed by atoms with E-state index in [1.165, 1.54) is 25.3 Å². The van der Waals surface area contributed by atoms with E-state index in [4.69, 9.17) is 51.1 Å². The third kappa shape index (κ3) is 5.60. The molecule has 0 spiro atoms. The van der Waals surface area contributed by atoms with Crippen molar-refractivity contribution in [1.82, 2.24) is 9.29 Å². The van der Waals surface area contributed by atoms with Crippen molar-refractivity contribution in [2.24, 2.45) is 5.10 Å². The molecule has 0 bridgehead atoms. The van der Waals surface area contributed by atoms with Crippen molar-refractivity contribution in [3.05, 3.63) is 77.7 Å². The Morgan fingerprint density at radius 1 is 0.933 bits per heavy atom. The molecule has 0 saturated heterocycles. The first kappa shape index (κ1) is 32.9. The van der Waals surface area contributed by atoms with Crippen LogP contribution in [0.5, 0.6) is 0 Å². The first-order valence-corrected chi connectivity index (χ1v) is 16.6. The molecule has 2 aromatic carbocycles. The highest BCUT2D eigenvalue weighted by Gasteiger charge is 2.48. The molecule has 0 aliphatic carbocycles. The number of nitrogens with zero attached hydrogens (tertiary/aromatic N) is 4. The summed E-state index contributed by atoms with van der Waals surface area (Å²) < 4.78 is 31.9. The van der Waals surface area contributed by atoms with Crippen molar-refractivity contribution in [2.75, 3.05) is 17.4 Å². The van der Waals surface area contributed by atoms with Crippen molar-refractivity contribution in [2.45, 2.75) is 11.8 Å². The van der Waals surface area contributed by atoms with E-state index in [9.17, 15) is 32.4 Å². The Hall–Kier alpha value is -3.51. The summed E-state index contributed by atoms with van der Waals surface area (Å²) in [5, 5.41) is 7.72. The molecule has 20 heteroatoms. The lowest BCUT2D eigenvalue weighted by Gasteiger charge is -2.19. The lowest BCUT2D eigenvalue weighted by Crippen LogP contribution is -2.36. The standard InChI is InChI=1S/C25H13Cl4N5O8S3/c1-9(35)20-32-33(23(44-20)14(24(39)42-2)19(36)31-25-30-7-8-43-25)10-3-5-11(6-4-10)45(40,41)34-21(37)12-13(22(34)38)16(27)18(29)17(28)15(12)26/h3-8H,1-2H3,(H,30,31,36)/b23-14+. The number of benzene rings is 2. The van der Waals surface area contributed by atoms with Gasteiger partial charge in [0, 0.05) is 18.5 Å². The van der Waals surface area contributed by atoms with E-state index >= 15 is 0 Å². The minimum absolute atomic E-state index is 0.0154. The van der Waals surface area contributed by atoms with E-state index in [2.05, 4.69) is 15.4 Å². The van der Waals surface area contributed by atoms with Gasteiger partial charge in [-0.15, -0.1) is 11.3 Å². The second-order valence-electron chi connectivity index (χ2n) is 8.72. The maximum absolute atomic E-state index is 13.5. The highest BCUT2D eigenvalue weighted by atomic mass is 35.5. The normalized spacial score (nSPS) is 15.6. The number of anilines is 2. The molecule has 13 nitrogen and oxygen atoms in total. The van der Waals surface area contributed by atoms with E-state index in [-0.39, 0.29) is 35.2 Å². The zero-order valence-corrected chi connectivity index (χ0v) is 27.7. The Kier molecular flexibility index (Phi) is 9.02. The molecular weight excluding hydrogens is 736 g/mol. The van der Waals surface area contributed by atoms with Gasteiger partial charge >= 0.3 is 5.97 Å². The Morgan fingerprint density at radius 2 is 1.51 bits per heavy atom. The molecule has 1 N–H and O–H groups in total. The Balaban J connectivity index is 1.55. The number of Topliss-reactive ketones (excluding diaryl/α,β-unsaturated/α-hetero) is 1. The predicted molar refractivity (Wildman–Crippen MR) is 169 cm³/mol. The van der Waals surface area contributed by atoms with Crippen LogP contribution < -0.4 is 10.3 Å². The fourth-order valence-electron chi connectivity index (χ4n) is 4.00. The molecule has 3 heterocycles. The number of esters is 1. The van der Waals surface area contributed by atoms with Gasteiger partial charge in [0.25, 0.3) is 27.7 Å². The topological polar surface area (TPSA) is 172 Å². The number of fused-ring (bicyclic) bond motifs is 1. The number of halogens is 4. The van der Waals surface area contributed by atoms with Crippen LogP contribution in [0.2, 0.25) is 20.1 Å². The van der Waals surface area contributed by atoms with Crippen molar-refractivity contribution in [3.63, 3.8) is 0 Å². The molecule has 0 unspecified atom stereocenters. The Morgan fingerprint density at radius 3 is 2.00 bits per heavy atom. The van der Waals surface area contributed by atoms with Gasteiger partial charge in [0.1, 0.15) is 5.03 Å². The van der Waals surface area contributed by atoms with Crippen molar-refractivity contribution in [3.8, 4) is 0 Å². The SMILES string of the molecule is COC(=O)/C(C(=O)Nc1nccs1)=C1/SC(C(C)=O)=NN1c1ccc(S(=O)(=O)N2C(=O)c3c(Cl)c(Cl)c(Cl)c(Cl)c3C2=O)cc1. The molecule has 3 aromatic rings. The lowest BCUT2D eigenvalue weighted by molar-refractivity contribution is -0.137. The van der Waals surface area contributed by atoms with Gasteiger partial charge in [0.05, 0.1) is 48.9 Å². The van der Waals surface area contributed by atoms with Gasteiger partial charge in [-0.3, -0.25) is 24.5 Å². The zero-order chi connectivity index (χ0) is 33.0. The highest BCUT2D eigenvalue weighted by Crippen LogP contribution is 2.46. The first-order valence-electron chi connectivity index (χ1n) is 11.9. The van der Waals surface area contributed by atoms with E-state index in [1.54, 1.807) is 5.38 Å². The van der Waals surface area contributed by atoms with Crippen molar-refractivity contribution < 1.29 is 37.1 Å². The van der Waals surface area contributed by atoms with E-state index in [0.717, 1.165) is 35.6 Å². The Bertz CT molecular complexity index is 1970. The van der Waals surface area contributed by atoms with Gasteiger partial charge in [-0.05, 0) is 36.0 Å². The summed E-state index contributed by atoms with van der Waals surface area (Å²) in [5.41, 5.74) is -1.49. The van der Waals surface area contributed by atoms with E-state index in [1.807, 2.05) is 0 Å². The number of rotatable bonds is 7. The van der Waals surface area contributed by atoms with Gasteiger partial charge in [0.15, 0.2) is 21.5 Å². The molecule has 232 valence electrons. The molecule has 0 saturated carbocycles. The van der Waals surface area contributed by atoms with Crippen LogP contribution in [0.15, 0.2) is 56.4 Å². The molecule has 2 aliphatic rings. The van der Waals surface area contributed by atoms with Crippen LogP contribution in [0.25, 0.3) is 0 Å². The summed E-state index contributed by atoms with van der Waals surface area (Å²) in [6, 6.07) is 4.49. The summed E-state index contributed by atoms with van der Waals surface area (Å²) >= 11 is 26.0. The van der Waals surface area contributed by atoms with E-state index < -0.39 is 71.1 Å². The number of ether oxygens (including phenoxy) is 1. The third-order valence-electron chi connectivity index (χ3n) is 6.04. The first-order chi connectivity index (χ1) is 21.2. The van der Waals surface area contributed by atoms with Crippen LogP contribution in [0, 0.1) is 0 Å². The van der Waals surface area contributed by atoms with Crippen LogP contribution >= 0.6 is 69.5 Å². The molecule has 3 amide bonds. The van der Waals surface area contributed by atoms with E-state index in [0.29, 0.717) is 11.8 Å². The average Bonchev–Trinajstić information content (AvgIpc) is 3.73. The van der Waals surface area contributed by atoms with Crippen LogP contribution in [0.1, 0.15) is 27.6 Å². The fraction of sp³-hybridized carbons (Fsp3) is 0.0800. The summed E-state index contributed by atoms with van der Waals surface area (Å²) in [6.45, 7) is 1.22. The maximum Gasteiger partial charge on any atom is 0.346 e. The van der Waals surface area contributed by atoms with Gasteiger partial charge in [0.2, 0.25) is 0 Å². The number of hydrogen-bond donors (Lipinski definition) is 1. The molecule has 0 radical (unpaired) electrons. The number of nitrogens with one attached hydrogen (secondary N) is 1. The zero-order valence-electron chi connectivity index (χ0n) is 22.3. The number of amides is 3. The second-order valence-corrected chi connectivity index (χ2v) is 13.9. The average molecular weight is 749 g/mol. The van der Waals surface area contributed by atoms with Crippen LogP contribution in [-0.4, -0.2) is 59.3 Å². The van der Waals surface area contributed by atoms with Crippen LogP contribution in [-0.2, 0) is 29.1 Å². The van der Waals surface area contributed by atoms with Crippen LogP contribution in [0.4, 0.5) is 10.8 Å². The number of carbonyl (C=O) groups is 5. The number of ketones is 1. The lowest BCUT2D eigenvalue weighted by atomic mass is 10.1. The number of imide groups is 1. The molecule has 45 heavy (non-hydrogen) atoms. The quantitative estimate of drug-likeness (QED) is 0.0639. The number of aromatic nitrogens is 1. The summed E-state index contributed by atoms with van der Waals surface area (Å²) in [4.78, 5) is 67.9. The summed E-state index contributed by atoms with van der Waals surface area (Å²) in [7, 11) is -3.80. The Labute approximate surface area is 281 Å². The summed E-state index contributed by atoms with van der Waals surface area (Å²) in [6.07, 6.45) is 1.43. The number of hydrazone groups is 1. The monoisotopic (exact) mass is 747 g/mol. The smallest absolute Gasteiger partial charge is 0.346 e.